The van der Waals surface area contributed by atoms with Crippen LogP contribution >= 0.6 is 0 Å². The number of carbonyl (C=O) groups is 1. The Labute approximate surface area is 146 Å². The summed E-state index contributed by atoms with van der Waals surface area (Å²) >= 11 is 0. The van der Waals surface area contributed by atoms with Gasteiger partial charge in [-0.15, -0.1) is 0 Å². The van der Waals surface area contributed by atoms with Crippen LogP contribution in [0.1, 0.15) is 42.9 Å². The molecule has 0 saturated heterocycles. The standard InChI is InChI=1S/C19H23FN2O3/c1-12-3-10-16(25-12)19(2,24)11-21-18(23)22-17(13-4-5-13)14-6-8-15(20)9-7-14/h3,6-10,13,17,24H,4-5,11H2,1-2H3,(H2,21,22,23). The molecular formula is C19H23FN2O3. The molecule has 1 aromatic heterocycles. The Kier molecular flexibility index (Phi) is 4.81. The fraction of sp³-hybridized carbons (Fsp3) is 0.421. The van der Waals surface area contributed by atoms with Gasteiger partial charge in [0.1, 0.15) is 22.9 Å². The summed E-state index contributed by atoms with van der Waals surface area (Å²) in [6.07, 6.45) is 2.07. The number of nitrogens with one attached hydrogen (secondary N) is 2. The molecule has 1 fully saturated rings. The Morgan fingerprint density at radius 3 is 2.56 bits per heavy atom. The molecule has 0 radical (unpaired) electrons. The summed E-state index contributed by atoms with van der Waals surface area (Å²) in [5, 5.41) is 16.1. The van der Waals surface area contributed by atoms with Gasteiger partial charge in [0.05, 0.1) is 12.6 Å². The third-order valence-electron chi connectivity index (χ3n) is 4.47. The summed E-state index contributed by atoms with van der Waals surface area (Å²) in [6, 6.07) is 9.12. The van der Waals surface area contributed by atoms with E-state index >= 15 is 0 Å². The van der Waals surface area contributed by atoms with Crippen LogP contribution in [0.25, 0.3) is 0 Å². The maximum atomic E-state index is 13.1. The molecule has 3 rings (SSSR count). The number of rotatable bonds is 6. The van der Waals surface area contributed by atoms with Crippen LogP contribution in [0.2, 0.25) is 0 Å². The van der Waals surface area contributed by atoms with Crippen molar-refractivity contribution in [3.8, 4) is 0 Å². The van der Waals surface area contributed by atoms with Gasteiger partial charge in [0, 0.05) is 0 Å². The van der Waals surface area contributed by atoms with E-state index in [1.165, 1.54) is 12.1 Å². The molecule has 1 aliphatic carbocycles. The van der Waals surface area contributed by atoms with Gasteiger partial charge >= 0.3 is 6.03 Å². The highest BCUT2D eigenvalue weighted by atomic mass is 19.1. The maximum Gasteiger partial charge on any atom is 0.315 e. The average Bonchev–Trinajstić information content (AvgIpc) is 3.32. The van der Waals surface area contributed by atoms with Gasteiger partial charge in [-0.2, -0.15) is 0 Å². The number of hydrogen-bond donors (Lipinski definition) is 3. The summed E-state index contributed by atoms with van der Waals surface area (Å²) in [5.74, 6) is 1.17. The van der Waals surface area contributed by atoms with Crippen LogP contribution in [0.4, 0.5) is 9.18 Å². The molecule has 1 aliphatic rings. The van der Waals surface area contributed by atoms with E-state index in [0.29, 0.717) is 17.4 Å². The van der Waals surface area contributed by atoms with Gasteiger partial charge in [0.2, 0.25) is 0 Å². The van der Waals surface area contributed by atoms with Crippen molar-refractivity contribution >= 4 is 6.03 Å². The number of aryl methyl sites for hydroxylation is 1. The summed E-state index contributed by atoms with van der Waals surface area (Å²) in [4.78, 5) is 12.3. The Bertz CT molecular complexity index is 735. The SMILES string of the molecule is Cc1ccc(C(C)(O)CNC(=O)NC(c2ccc(F)cc2)C2CC2)o1. The Hall–Kier alpha value is -2.34. The van der Waals surface area contributed by atoms with E-state index in [9.17, 15) is 14.3 Å². The molecule has 134 valence electrons. The summed E-state index contributed by atoms with van der Waals surface area (Å²) < 4.78 is 18.5. The minimum Gasteiger partial charge on any atom is -0.463 e. The predicted molar refractivity (Wildman–Crippen MR) is 91.4 cm³/mol. The average molecular weight is 346 g/mol. The second-order valence-electron chi connectivity index (χ2n) is 6.88. The summed E-state index contributed by atoms with van der Waals surface area (Å²) in [7, 11) is 0. The molecule has 2 amide bonds. The Morgan fingerprint density at radius 1 is 1.32 bits per heavy atom. The first-order chi connectivity index (χ1) is 11.8. The maximum absolute atomic E-state index is 13.1. The quantitative estimate of drug-likeness (QED) is 0.751. The second kappa shape index (κ2) is 6.88. The van der Waals surface area contributed by atoms with Gasteiger partial charge in [0.15, 0.2) is 0 Å². The third-order valence-corrected chi connectivity index (χ3v) is 4.47. The van der Waals surface area contributed by atoms with Crippen LogP contribution in [0.15, 0.2) is 40.8 Å². The first kappa shape index (κ1) is 17.5. The van der Waals surface area contributed by atoms with E-state index in [1.54, 1.807) is 38.1 Å². The van der Waals surface area contributed by atoms with E-state index in [-0.39, 0.29) is 24.4 Å². The lowest BCUT2D eigenvalue weighted by Crippen LogP contribution is -2.44. The van der Waals surface area contributed by atoms with Crippen molar-refractivity contribution in [2.24, 2.45) is 5.92 Å². The molecule has 25 heavy (non-hydrogen) atoms. The number of urea groups is 1. The molecule has 2 unspecified atom stereocenters. The molecule has 1 heterocycles. The molecule has 0 spiro atoms. The van der Waals surface area contributed by atoms with Crippen LogP contribution < -0.4 is 10.6 Å². The fourth-order valence-electron chi connectivity index (χ4n) is 2.83. The van der Waals surface area contributed by atoms with Gasteiger partial charge in [-0.1, -0.05) is 12.1 Å². The monoisotopic (exact) mass is 346 g/mol. The van der Waals surface area contributed by atoms with Gasteiger partial charge < -0.3 is 20.2 Å². The largest absolute Gasteiger partial charge is 0.463 e. The molecule has 0 bridgehead atoms. The molecular weight excluding hydrogens is 323 g/mol. The van der Waals surface area contributed by atoms with Crippen LogP contribution in [0.3, 0.4) is 0 Å². The van der Waals surface area contributed by atoms with Crippen LogP contribution in [0, 0.1) is 18.7 Å². The van der Waals surface area contributed by atoms with Crippen molar-refractivity contribution in [1.82, 2.24) is 10.6 Å². The molecule has 0 aliphatic heterocycles. The van der Waals surface area contributed by atoms with Crippen molar-refractivity contribution in [3.63, 3.8) is 0 Å². The predicted octanol–water partition coefficient (Wildman–Crippen LogP) is 3.39. The number of hydrogen-bond acceptors (Lipinski definition) is 3. The van der Waals surface area contributed by atoms with Crippen LogP contribution in [0.5, 0.6) is 0 Å². The van der Waals surface area contributed by atoms with Gasteiger partial charge in [0.25, 0.3) is 0 Å². The number of amides is 2. The lowest BCUT2D eigenvalue weighted by molar-refractivity contribution is 0.0358. The van der Waals surface area contributed by atoms with Crippen molar-refractivity contribution < 1.29 is 18.7 Å². The smallest absolute Gasteiger partial charge is 0.315 e. The topological polar surface area (TPSA) is 74.5 Å². The van der Waals surface area contributed by atoms with Gasteiger partial charge in [-0.25, -0.2) is 9.18 Å². The molecule has 1 saturated carbocycles. The van der Waals surface area contributed by atoms with Gasteiger partial charge in [-0.05, 0) is 62.4 Å². The minimum atomic E-state index is -1.30. The van der Waals surface area contributed by atoms with E-state index in [2.05, 4.69) is 10.6 Å². The zero-order valence-electron chi connectivity index (χ0n) is 14.4. The third kappa shape index (κ3) is 4.39. The van der Waals surface area contributed by atoms with Crippen LogP contribution in [-0.4, -0.2) is 17.7 Å². The van der Waals surface area contributed by atoms with Crippen LogP contribution in [-0.2, 0) is 5.60 Å². The molecule has 1 aromatic carbocycles. The lowest BCUT2D eigenvalue weighted by atomic mass is 10.0. The number of halogens is 1. The Balaban J connectivity index is 1.59. The first-order valence-corrected chi connectivity index (χ1v) is 8.44. The zero-order chi connectivity index (χ0) is 18.0. The van der Waals surface area contributed by atoms with E-state index in [1.807, 2.05) is 0 Å². The van der Waals surface area contributed by atoms with E-state index < -0.39 is 5.60 Å². The lowest BCUT2D eigenvalue weighted by Gasteiger charge is -2.23. The number of aliphatic hydroxyl groups is 1. The number of benzene rings is 1. The molecule has 3 N–H and O–H groups in total. The fourth-order valence-corrected chi connectivity index (χ4v) is 2.83. The van der Waals surface area contributed by atoms with E-state index in [4.69, 9.17) is 4.42 Å². The highest BCUT2D eigenvalue weighted by molar-refractivity contribution is 5.74. The number of furan rings is 1. The number of carbonyl (C=O) groups excluding carboxylic acids is 1. The van der Waals surface area contributed by atoms with Gasteiger partial charge in [-0.3, -0.25) is 0 Å². The summed E-state index contributed by atoms with van der Waals surface area (Å²) in [5.41, 5.74) is -0.413. The minimum absolute atomic E-state index is 0.0204. The highest BCUT2D eigenvalue weighted by Crippen LogP contribution is 2.41. The van der Waals surface area contributed by atoms with E-state index in [0.717, 1.165) is 18.4 Å². The molecule has 6 heteroatoms. The Morgan fingerprint density at radius 2 is 2.00 bits per heavy atom. The van der Waals surface area contributed by atoms with Crippen molar-refractivity contribution in [1.29, 1.82) is 0 Å². The summed E-state index contributed by atoms with van der Waals surface area (Å²) in [6.45, 7) is 3.40. The molecule has 5 nitrogen and oxygen atoms in total. The molecule has 2 aromatic rings. The highest BCUT2D eigenvalue weighted by Gasteiger charge is 2.34. The van der Waals surface area contributed by atoms with Crippen molar-refractivity contribution in [2.45, 2.75) is 38.3 Å². The molecule has 2 atom stereocenters. The van der Waals surface area contributed by atoms with Crippen molar-refractivity contribution in [2.75, 3.05) is 6.54 Å². The van der Waals surface area contributed by atoms with Crippen molar-refractivity contribution in [3.05, 3.63) is 59.3 Å². The first-order valence-electron chi connectivity index (χ1n) is 8.44. The zero-order valence-corrected chi connectivity index (χ0v) is 14.4. The normalized spacial score (nSPS) is 17.6. The second-order valence-corrected chi connectivity index (χ2v) is 6.88.